The maximum absolute atomic E-state index is 5.84. The summed E-state index contributed by atoms with van der Waals surface area (Å²) in [4.78, 5) is 0. The molecule has 0 spiro atoms. The number of benzene rings is 2. The molecule has 0 amide bonds. The van der Waals surface area contributed by atoms with Gasteiger partial charge in [-0.15, -0.1) is 0 Å². The fraction of sp³-hybridized carbons (Fsp3) is 0.250. The van der Waals surface area contributed by atoms with Crippen LogP contribution in [-0.4, -0.2) is 19.8 Å². The zero-order valence-corrected chi connectivity index (χ0v) is 10.7. The molecule has 1 fully saturated rings. The Labute approximate surface area is 113 Å². The minimum absolute atomic E-state index is 0.257. The largest absolute Gasteiger partial charge is 0.457 e. The van der Waals surface area contributed by atoms with E-state index < -0.39 is 0 Å². The third kappa shape index (κ3) is 3.13. The molecule has 0 bridgehead atoms. The van der Waals surface area contributed by atoms with Gasteiger partial charge in [-0.3, -0.25) is 0 Å². The molecular formula is C16H17NO2. The smallest absolute Gasteiger partial charge is 0.127 e. The van der Waals surface area contributed by atoms with E-state index >= 15 is 0 Å². The summed E-state index contributed by atoms with van der Waals surface area (Å²) in [6.45, 7) is 2.40. The van der Waals surface area contributed by atoms with Gasteiger partial charge in [-0.05, 0) is 29.8 Å². The molecule has 3 rings (SSSR count). The van der Waals surface area contributed by atoms with Crippen LogP contribution in [-0.2, 0) is 4.74 Å². The first-order chi connectivity index (χ1) is 9.42. The van der Waals surface area contributed by atoms with Crippen molar-refractivity contribution in [2.75, 3.05) is 19.8 Å². The van der Waals surface area contributed by atoms with Crippen LogP contribution in [0.25, 0.3) is 0 Å². The molecule has 98 valence electrons. The Morgan fingerprint density at radius 1 is 1.00 bits per heavy atom. The number of hydrogen-bond acceptors (Lipinski definition) is 3. The third-order valence-electron chi connectivity index (χ3n) is 3.16. The second kappa shape index (κ2) is 5.87. The molecule has 0 unspecified atom stereocenters. The number of morpholine rings is 1. The van der Waals surface area contributed by atoms with Crippen molar-refractivity contribution in [2.24, 2.45) is 0 Å². The molecular weight excluding hydrogens is 238 g/mol. The van der Waals surface area contributed by atoms with E-state index in [0.29, 0.717) is 0 Å². The van der Waals surface area contributed by atoms with Gasteiger partial charge in [0.1, 0.15) is 11.5 Å². The maximum Gasteiger partial charge on any atom is 0.127 e. The molecule has 19 heavy (non-hydrogen) atoms. The lowest BCUT2D eigenvalue weighted by Crippen LogP contribution is -2.34. The van der Waals surface area contributed by atoms with Crippen molar-refractivity contribution in [2.45, 2.75) is 6.04 Å². The third-order valence-corrected chi connectivity index (χ3v) is 3.16. The van der Waals surface area contributed by atoms with Crippen molar-refractivity contribution in [3.63, 3.8) is 0 Å². The Bertz CT molecular complexity index is 521. The van der Waals surface area contributed by atoms with Gasteiger partial charge in [0.05, 0.1) is 19.3 Å². The second-order valence-corrected chi connectivity index (χ2v) is 4.57. The molecule has 0 aliphatic carbocycles. The van der Waals surface area contributed by atoms with Crippen LogP contribution in [0, 0.1) is 0 Å². The number of ether oxygens (including phenoxy) is 2. The van der Waals surface area contributed by atoms with Crippen molar-refractivity contribution < 1.29 is 9.47 Å². The molecule has 2 aromatic rings. The Kier molecular flexibility index (Phi) is 3.77. The molecule has 1 atom stereocenters. The van der Waals surface area contributed by atoms with Crippen molar-refractivity contribution in [3.05, 3.63) is 60.2 Å². The molecule has 0 radical (unpaired) electrons. The quantitative estimate of drug-likeness (QED) is 0.914. The summed E-state index contributed by atoms with van der Waals surface area (Å²) in [7, 11) is 0. The summed E-state index contributed by atoms with van der Waals surface area (Å²) in [5, 5.41) is 3.45. The number of nitrogens with one attached hydrogen (secondary N) is 1. The van der Waals surface area contributed by atoms with E-state index in [1.54, 1.807) is 0 Å². The van der Waals surface area contributed by atoms with Crippen molar-refractivity contribution in [1.82, 2.24) is 5.32 Å². The molecule has 1 heterocycles. The normalized spacial score (nSPS) is 19.1. The van der Waals surface area contributed by atoms with Gasteiger partial charge < -0.3 is 14.8 Å². The zero-order valence-electron chi connectivity index (χ0n) is 10.7. The summed E-state index contributed by atoms with van der Waals surface area (Å²) in [6, 6.07) is 18.2. The topological polar surface area (TPSA) is 30.5 Å². The average Bonchev–Trinajstić information content (AvgIpc) is 2.49. The highest BCUT2D eigenvalue weighted by atomic mass is 16.5. The number of para-hydroxylation sites is 1. The van der Waals surface area contributed by atoms with Gasteiger partial charge in [0.25, 0.3) is 0 Å². The Morgan fingerprint density at radius 3 is 2.63 bits per heavy atom. The molecule has 0 aromatic heterocycles. The Balaban J connectivity index is 1.76. The van der Waals surface area contributed by atoms with Gasteiger partial charge in [-0.2, -0.15) is 0 Å². The lowest BCUT2D eigenvalue weighted by atomic mass is 10.1. The first kappa shape index (κ1) is 12.2. The average molecular weight is 255 g/mol. The SMILES string of the molecule is c1ccc(Oc2cccc([C@H]3COCCN3)c2)cc1. The number of rotatable bonds is 3. The van der Waals surface area contributed by atoms with Crippen molar-refractivity contribution in [1.29, 1.82) is 0 Å². The molecule has 1 saturated heterocycles. The van der Waals surface area contributed by atoms with E-state index in [4.69, 9.17) is 9.47 Å². The minimum atomic E-state index is 0.257. The summed E-state index contributed by atoms with van der Waals surface area (Å²) < 4.78 is 11.3. The Morgan fingerprint density at radius 2 is 1.84 bits per heavy atom. The highest BCUT2D eigenvalue weighted by Gasteiger charge is 2.15. The van der Waals surface area contributed by atoms with E-state index in [0.717, 1.165) is 31.3 Å². The van der Waals surface area contributed by atoms with Crippen LogP contribution in [0.5, 0.6) is 11.5 Å². The van der Waals surface area contributed by atoms with Gasteiger partial charge in [0, 0.05) is 6.54 Å². The van der Waals surface area contributed by atoms with Crippen LogP contribution < -0.4 is 10.1 Å². The van der Waals surface area contributed by atoms with E-state index in [2.05, 4.69) is 17.4 Å². The van der Waals surface area contributed by atoms with Crippen LogP contribution in [0.1, 0.15) is 11.6 Å². The Hall–Kier alpha value is -1.84. The monoisotopic (exact) mass is 255 g/mol. The second-order valence-electron chi connectivity index (χ2n) is 4.57. The summed E-state index contributed by atoms with van der Waals surface area (Å²) >= 11 is 0. The van der Waals surface area contributed by atoms with Gasteiger partial charge in [0.15, 0.2) is 0 Å². The van der Waals surface area contributed by atoms with E-state index in [9.17, 15) is 0 Å². The van der Waals surface area contributed by atoms with Crippen LogP contribution in [0.3, 0.4) is 0 Å². The fourth-order valence-corrected chi connectivity index (χ4v) is 2.20. The standard InChI is InChI=1S/C16H17NO2/c1-2-6-14(7-3-1)19-15-8-4-5-13(11-15)16-12-18-10-9-17-16/h1-8,11,16-17H,9-10,12H2/t16-/m1/s1. The van der Waals surface area contributed by atoms with E-state index in [1.807, 2.05) is 42.5 Å². The lowest BCUT2D eigenvalue weighted by Gasteiger charge is -2.24. The molecule has 1 aliphatic heterocycles. The first-order valence-corrected chi connectivity index (χ1v) is 6.56. The van der Waals surface area contributed by atoms with Crippen LogP contribution in [0.2, 0.25) is 0 Å². The molecule has 1 N–H and O–H groups in total. The molecule has 1 aliphatic rings. The fourth-order valence-electron chi connectivity index (χ4n) is 2.20. The van der Waals surface area contributed by atoms with Gasteiger partial charge in [-0.1, -0.05) is 30.3 Å². The first-order valence-electron chi connectivity index (χ1n) is 6.56. The van der Waals surface area contributed by atoms with Crippen LogP contribution in [0.4, 0.5) is 0 Å². The summed E-state index contributed by atoms with van der Waals surface area (Å²) in [6.07, 6.45) is 0. The minimum Gasteiger partial charge on any atom is -0.457 e. The predicted octanol–water partition coefficient (Wildman–Crippen LogP) is 3.14. The summed E-state index contributed by atoms with van der Waals surface area (Å²) in [5.41, 5.74) is 1.20. The highest BCUT2D eigenvalue weighted by molar-refractivity contribution is 5.35. The van der Waals surface area contributed by atoms with E-state index in [-0.39, 0.29) is 6.04 Å². The maximum atomic E-state index is 5.84. The predicted molar refractivity (Wildman–Crippen MR) is 74.5 cm³/mol. The van der Waals surface area contributed by atoms with Crippen molar-refractivity contribution >= 4 is 0 Å². The molecule has 3 nitrogen and oxygen atoms in total. The molecule has 2 aromatic carbocycles. The van der Waals surface area contributed by atoms with Gasteiger partial charge in [-0.25, -0.2) is 0 Å². The lowest BCUT2D eigenvalue weighted by molar-refractivity contribution is 0.0768. The van der Waals surface area contributed by atoms with Crippen molar-refractivity contribution in [3.8, 4) is 11.5 Å². The molecule has 0 saturated carbocycles. The summed E-state index contributed by atoms with van der Waals surface area (Å²) in [5.74, 6) is 1.71. The van der Waals surface area contributed by atoms with Gasteiger partial charge >= 0.3 is 0 Å². The van der Waals surface area contributed by atoms with E-state index in [1.165, 1.54) is 5.56 Å². The number of hydrogen-bond donors (Lipinski definition) is 1. The van der Waals surface area contributed by atoms with Crippen LogP contribution >= 0.6 is 0 Å². The zero-order chi connectivity index (χ0) is 12.9. The highest BCUT2D eigenvalue weighted by Crippen LogP contribution is 2.25. The molecule has 3 heteroatoms. The van der Waals surface area contributed by atoms with Gasteiger partial charge in [0.2, 0.25) is 0 Å². The van der Waals surface area contributed by atoms with Crippen LogP contribution in [0.15, 0.2) is 54.6 Å².